The van der Waals surface area contributed by atoms with Crippen molar-refractivity contribution in [3.63, 3.8) is 0 Å². The number of benzene rings is 1. The van der Waals surface area contributed by atoms with Crippen LogP contribution in [0, 0.1) is 0 Å². The van der Waals surface area contributed by atoms with E-state index in [-0.39, 0.29) is 18.1 Å². The fraction of sp³-hybridized carbons (Fsp3) is 0.312. The van der Waals surface area contributed by atoms with Gasteiger partial charge in [-0.2, -0.15) is 0 Å². The lowest BCUT2D eigenvalue weighted by Gasteiger charge is -2.23. The van der Waals surface area contributed by atoms with Gasteiger partial charge in [-0.05, 0) is 48.6 Å². The van der Waals surface area contributed by atoms with E-state index >= 15 is 0 Å². The highest BCUT2D eigenvalue weighted by Crippen LogP contribution is 2.31. The van der Waals surface area contributed by atoms with Crippen LogP contribution < -0.4 is 15.8 Å². The molecule has 0 aliphatic carbocycles. The number of carbonyl (C=O) groups excluding carboxylic acids is 1. The first kappa shape index (κ1) is 14.1. The number of rotatable bonds is 4. The van der Waals surface area contributed by atoms with E-state index in [1.807, 2.05) is 42.6 Å². The lowest BCUT2D eigenvalue weighted by Crippen LogP contribution is -2.28. The predicted molar refractivity (Wildman–Crippen MR) is 84.7 cm³/mol. The average molecular weight is 302 g/mol. The number of ether oxygens (including phenoxy) is 1. The predicted octanol–water partition coefficient (Wildman–Crippen LogP) is 3.10. The van der Waals surface area contributed by atoms with Gasteiger partial charge >= 0.3 is 0 Å². The van der Waals surface area contributed by atoms with E-state index in [9.17, 15) is 4.79 Å². The van der Waals surface area contributed by atoms with Crippen LogP contribution in [0.5, 0.6) is 5.75 Å². The summed E-state index contributed by atoms with van der Waals surface area (Å²) < 4.78 is 6.09. The van der Waals surface area contributed by atoms with Gasteiger partial charge in [-0.1, -0.05) is 6.07 Å². The first-order valence-electron chi connectivity index (χ1n) is 7.02. The SMILES string of the molecule is CC(N)C(Oc1ccc2c(c1)CCC(=O)N2)c1cccs1. The molecule has 2 aromatic rings. The molecule has 1 amide bonds. The molecular formula is C16H18N2O2S. The van der Waals surface area contributed by atoms with Crippen molar-refractivity contribution >= 4 is 22.9 Å². The van der Waals surface area contributed by atoms with E-state index in [4.69, 9.17) is 10.5 Å². The van der Waals surface area contributed by atoms with Crippen molar-refractivity contribution in [2.24, 2.45) is 5.73 Å². The standard InChI is InChI=1S/C16H18N2O2S/c1-10(17)16(14-3-2-8-21-14)20-12-5-6-13-11(9-12)4-7-15(19)18-13/h2-3,5-6,8-10,16H,4,7,17H2,1H3,(H,18,19). The molecule has 21 heavy (non-hydrogen) atoms. The van der Waals surface area contributed by atoms with Gasteiger partial charge in [-0.3, -0.25) is 4.79 Å². The molecule has 0 radical (unpaired) electrons. The quantitative estimate of drug-likeness (QED) is 0.912. The van der Waals surface area contributed by atoms with Gasteiger partial charge in [0, 0.05) is 23.0 Å². The minimum atomic E-state index is -0.152. The van der Waals surface area contributed by atoms with E-state index in [0.29, 0.717) is 6.42 Å². The molecule has 5 heteroatoms. The average Bonchev–Trinajstić information content (AvgIpc) is 2.98. The van der Waals surface area contributed by atoms with Crippen molar-refractivity contribution in [2.75, 3.05) is 5.32 Å². The number of hydrogen-bond donors (Lipinski definition) is 2. The Balaban J connectivity index is 1.82. The minimum absolute atomic E-state index is 0.0724. The molecule has 2 heterocycles. The Hall–Kier alpha value is -1.85. The molecule has 0 spiro atoms. The minimum Gasteiger partial charge on any atom is -0.483 e. The zero-order valence-corrected chi connectivity index (χ0v) is 12.7. The molecule has 4 nitrogen and oxygen atoms in total. The van der Waals surface area contributed by atoms with Crippen LogP contribution >= 0.6 is 11.3 Å². The number of thiophene rings is 1. The van der Waals surface area contributed by atoms with E-state index in [1.54, 1.807) is 11.3 Å². The summed E-state index contributed by atoms with van der Waals surface area (Å²) in [4.78, 5) is 12.5. The van der Waals surface area contributed by atoms with Crippen LogP contribution in [0.1, 0.15) is 29.9 Å². The second kappa shape index (κ2) is 5.87. The maximum absolute atomic E-state index is 11.4. The molecule has 1 aliphatic heterocycles. The molecule has 1 aliphatic rings. The Morgan fingerprint density at radius 3 is 2.90 bits per heavy atom. The molecule has 0 fully saturated rings. The van der Waals surface area contributed by atoms with Crippen molar-refractivity contribution in [3.8, 4) is 5.75 Å². The van der Waals surface area contributed by atoms with Gasteiger partial charge in [0.1, 0.15) is 11.9 Å². The zero-order chi connectivity index (χ0) is 14.8. The summed E-state index contributed by atoms with van der Waals surface area (Å²) in [6.07, 6.45) is 1.12. The molecule has 0 saturated carbocycles. The summed E-state index contributed by atoms with van der Waals surface area (Å²) in [6, 6.07) is 9.72. The summed E-state index contributed by atoms with van der Waals surface area (Å²) in [5.41, 5.74) is 8.05. The largest absolute Gasteiger partial charge is 0.483 e. The third-order valence-corrected chi connectivity index (χ3v) is 4.47. The lowest BCUT2D eigenvalue weighted by atomic mass is 10.0. The Bertz CT molecular complexity index is 638. The third-order valence-electron chi connectivity index (χ3n) is 3.54. The molecule has 3 rings (SSSR count). The fourth-order valence-electron chi connectivity index (χ4n) is 2.46. The molecule has 0 bridgehead atoms. The molecule has 2 unspecified atom stereocenters. The first-order chi connectivity index (χ1) is 10.1. The molecular weight excluding hydrogens is 284 g/mol. The zero-order valence-electron chi connectivity index (χ0n) is 11.8. The number of nitrogens with two attached hydrogens (primary N) is 1. The van der Waals surface area contributed by atoms with E-state index in [1.165, 1.54) is 0 Å². The topological polar surface area (TPSA) is 64.3 Å². The van der Waals surface area contributed by atoms with Crippen molar-refractivity contribution in [2.45, 2.75) is 31.9 Å². The number of carbonyl (C=O) groups is 1. The number of fused-ring (bicyclic) bond motifs is 1. The molecule has 1 aromatic heterocycles. The van der Waals surface area contributed by atoms with Crippen LogP contribution in [0.2, 0.25) is 0 Å². The molecule has 110 valence electrons. The van der Waals surface area contributed by atoms with Crippen molar-refractivity contribution < 1.29 is 9.53 Å². The third kappa shape index (κ3) is 3.09. The Morgan fingerprint density at radius 2 is 2.19 bits per heavy atom. The van der Waals surface area contributed by atoms with Crippen LogP contribution in [0.4, 0.5) is 5.69 Å². The maximum Gasteiger partial charge on any atom is 0.224 e. The number of amides is 1. The summed E-state index contributed by atoms with van der Waals surface area (Å²) in [7, 11) is 0. The van der Waals surface area contributed by atoms with Gasteiger partial charge in [0.25, 0.3) is 0 Å². The summed E-state index contributed by atoms with van der Waals surface area (Å²) in [5, 5.41) is 4.90. The smallest absolute Gasteiger partial charge is 0.224 e. The van der Waals surface area contributed by atoms with Gasteiger partial charge in [-0.25, -0.2) is 0 Å². The van der Waals surface area contributed by atoms with Crippen LogP contribution in [0.3, 0.4) is 0 Å². The molecule has 0 saturated heterocycles. The van der Waals surface area contributed by atoms with E-state index in [2.05, 4.69) is 5.32 Å². The second-order valence-electron chi connectivity index (χ2n) is 5.28. The van der Waals surface area contributed by atoms with Gasteiger partial charge < -0.3 is 15.8 Å². The van der Waals surface area contributed by atoms with Crippen molar-refractivity contribution in [3.05, 3.63) is 46.2 Å². The highest BCUT2D eigenvalue weighted by Gasteiger charge is 2.21. The first-order valence-corrected chi connectivity index (χ1v) is 7.90. The van der Waals surface area contributed by atoms with Crippen LogP contribution in [0.25, 0.3) is 0 Å². The van der Waals surface area contributed by atoms with Gasteiger partial charge in [0.05, 0.1) is 0 Å². The van der Waals surface area contributed by atoms with Crippen LogP contribution in [0.15, 0.2) is 35.7 Å². The molecule has 1 aromatic carbocycles. The van der Waals surface area contributed by atoms with Gasteiger partial charge in [0.2, 0.25) is 5.91 Å². The number of hydrogen-bond acceptors (Lipinski definition) is 4. The highest BCUT2D eigenvalue weighted by atomic mass is 32.1. The normalized spacial score (nSPS) is 16.8. The number of aryl methyl sites for hydroxylation is 1. The number of anilines is 1. The summed E-state index contributed by atoms with van der Waals surface area (Å²) in [5.74, 6) is 0.865. The van der Waals surface area contributed by atoms with E-state index in [0.717, 1.165) is 28.3 Å². The Labute approximate surface area is 127 Å². The monoisotopic (exact) mass is 302 g/mol. The molecule has 2 atom stereocenters. The second-order valence-corrected chi connectivity index (χ2v) is 6.26. The van der Waals surface area contributed by atoms with Crippen LogP contribution in [-0.4, -0.2) is 11.9 Å². The Morgan fingerprint density at radius 1 is 1.33 bits per heavy atom. The lowest BCUT2D eigenvalue weighted by molar-refractivity contribution is -0.116. The summed E-state index contributed by atoms with van der Waals surface area (Å²) >= 11 is 1.65. The van der Waals surface area contributed by atoms with E-state index < -0.39 is 0 Å². The highest BCUT2D eigenvalue weighted by molar-refractivity contribution is 7.10. The Kier molecular flexibility index (Phi) is 3.94. The van der Waals surface area contributed by atoms with Crippen molar-refractivity contribution in [1.29, 1.82) is 0 Å². The summed E-state index contributed by atoms with van der Waals surface area (Å²) in [6.45, 7) is 1.95. The molecule has 3 N–H and O–H groups in total. The number of nitrogens with one attached hydrogen (secondary N) is 1. The fourth-order valence-corrected chi connectivity index (χ4v) is 3.33. The van der Waals surface area contributed by atoms with Gasteiger partial charge in [-0.15, -0.1) is 11.3 Å². The van der Waals surface area contributed by atoms with Gasteiger partial charge in [0.15, 0.2) is 0 Å². The van der Waals surface area contributed by atoms with Crippen molar-refractivity contribution in [1.82, 2.24) is 0 Å². The van der Waals surface area contributed by atoms with Crippen LogP contribution in [-0.2, 0) is 11.2 Å². The maximum atomic E-state index is 11.4.